The molecule has 2 atom stereocenters. The fourth-order valence-electron chi connectivity index (χ4n) is 3.43. The van der Waals surface area contributed by atoms with Crippen molar-refractivity contribution in [3.8, 4) is 0 Å². The van der Waals surface area contributed by atoms with Gasteiger partial charge in [0.25, 0.3) is 0 Å². The van der Waals surface area contributed by atoms with Crippen LogP contribution in [0.1, 0.15) is 30.9 Å². The highest BCUT2D eigenvalue weighted by Crippen LogP contribution is 2.33. The minimum Gasteiger partial charge on any atom is -0.335 e. The van der Waals surface area contributed by atoms with E-state index in [0.29, 0.717) is 24.7 Å². The minimum absolute atomic E-state index is 0.0802. The van der Waals surface area contributed by atoms with Crippen molar-refractivity contribution in [2.75, 3.05) is 31.6 Å². The quantitative estimate of drug-likeness (QED) is 0.842. The summed E-state index contributed by atoms with van der Waals surface area (Å²) in [4.78, 5) is 16.6. The summed E-state index contributed by atoms with van der Waals surface area (Å²) in [6, 6.07) is 4.29. The molecule has 0 N–H and O–H groups in total. The van der Waals surface area contributed by atoms with E-state index in [9.17, 15) is 13.6 Å². The van der Waals surface area contributed by atoms with Crippen LogP contribution in [0, 0.1) is 11.6 Å². The zero-order valence-electron chi connectivity index (χ0n) is 13.3. The van der Waals surface area contributed by atoms with Crippen LogP contribution in [0.15, 0.2) is 18.2 Å². The topological polar surface area (TPSA) is 23.6 Å². The zero-order valence-corrected chi connectivity index (χ0v) is 14.1. The Morgan fingerprint density at radius 2 is 2.17 bits per heavy atom. The number of hydrogen-bond donors (Lipinski definition) is 0. The summed E-state index contributed by atoms with van der Waals surface area (Å²) >= 11 is 1.93. The maximum Gasteiger partial charge on any atom is 0.237 e. The molecule has 2 aliphatic rings. The lowest BCUT2D eigenvalue weighted by atomic mass is 10.0. The first-order valence-electron chi connectivity index (χ1n) is 8.08. The first-order chi connectivity index (χ1) is 11.1. The molecule has 0 bridgehead atoms. The van der Waals surface area contributed by atoms with Crippen molar-refractivity contribution in [3.63, 3.8) is 0 Å². The number of thioether (sulfide) groups is 1. The van der Waals surface area contributed by atoms with Gasteiger partial charge in [-0.2, -0.15) is 11.8 Å². The Kier molecular flexibility index (Phi) is 5.21. The van der Waals surface area contributed by atoms with E-state index in [-0.39, 0.29) is 11.9 Å². The number of nitrogens with zero attached hydrogens (tertiary/aromatic N) is 2. The van der Waals surface area contributed by atoms with Crippen LogP contribution >= 0.6 is 11.8 Å². The van der Waals surface area contributed by atoms with Crippen LogP contribution in [0.25, 0.3) is 0 Å². The normalized spacial score (nSPS) is 24.6. The smallest absolute Gasteiger partial charge is 0.237 e. The van der Waals surface area contributed by atoms with Gasteiger partial charge in [-0.25, -0.2) is 8.78 Å². The summed E-state index contributed by atoms with van der Waals surface area (Å²) in [5.41, 5.74) is 0.689. The SMILES string of the molecule is CN(CC(=O)N1CCC[C@@H]1c1ccc(F)c(F)c1)[C@H]1CCSC1. The molecule has 0 saturated carbocycles. The van der Waals surface area contributed by atoms with Gasteiger partial charge >= 0.3 is 0 Å². The van der Waals surface area contributed by atoms with Gasteiger partial charge in [-0.15, -0.1) is 0 Å². The van der Waals surface area contributed by atoms with Crippen LogP contribution in [0.5, 0.6) is 0 Å². The number of rotatable bonds is 4. The van der Waals surface area contributed by atoms with Crippen molar-refractivity contribution in [1.29, 1.82) is 0 Å². The Morgan fingerprint density at radius 1 is 1.35 bits per heavy atom. The number of amides is 1. The van der Waals surface area contributed by atoms with Gasteiger partial charge in [0.1, 0.15) is 0 Å². The molecule has 0 aromatic heterocycles. The third-order valence-electron chi connectivity index (χ3n) is 4.82. The second kappa shape index (κ2) is 7.18. The number of hydrogen-bond acceptors (Lipinski definition) is 3. The van der Waals surface area contributed by atoms with Crippen molar-refractivity contribution in [3.05, 3.63) is 35.4 Å². The first kappa shape index (κ1) is 16.7. The van der Waals surface area contributed by atoms with E-state index >= 15 is 0 Å². The largest absolute Gasteiger partial charge is 0.335 e. The monoisotopic (exact) mass is 340 g/mol. The predicted molar refractivity (Wildman–Crippen MR) is 88.4 cm³/mol. The highest BCUT2D eigenvalue weighted by Gasteiger charge is 2.32. The summed E-state index contributed by atoms with van der Waals surface area (Å²) in [7, 11) is 2.00. The van der Waals surface area contributed by atoms with Gasteiger partial charge in [0, 0.05) is 18.3 Å². The summed E-state index contributed by atoms with van der Waals surface area (Å²) in [6.45, 7) is 1.08. The molecular weight excluding hydrogens is 318 g/mol. The average molecular weight is 340 g/mol. The van der Waals surface area contributed by atoms with E-state index in [1.165, 1.54) is 6.07 Å². The van der Waals surface area contributed by atoms with E-state index in [1.807, 2.05) is 23.7 Å². The van der Waals surface area contributed by atoms with Gasteiger partial charge in [-0.05, 0) is 49.8 Å². The van der Waals surface area contributed by atoms with Crippen molar-refractivity contribution in [1.82, 2.24) is 9.80 Å². The van der Waals surface area contributed by atoms with E-state index in [1.54, 1.807) is 6.07 Å². The second-order valence-electron chi connectivity index (χ2n) is 6.35. The second-order valence-corrected chi connectivity index (χ2v) is 7.50. The predicted octanol–water partition coefficient (Wildman–Crippen LogP) is 3.07. The summed E-state index contributed by atoms with van der Waals surface area (Å²) in [6.07, 6.45) is 2.83. The molecule has 0 radical (unpaired) electrons. The molecule has 1 aromatic rings. The average Bonchev–Trinajstić information content (AvgIpc) is 3.21. The van der Waals surface area contributed by atoms with Crippen molar-refractivity contribution in [2.24, 2.45) is 0 Å². The maximum atomic E-state index is 13.5. The third-order valence-corrected chi connectivity index (χ3v) is 5.96. The summed E-state index contributed by atoms with van der Waals surface area (Å²) in [5, 5.41) is 0. The van der Waals surface area contributed by atoms with Crippen molar-refractivity contribution < 1.29 is 13.6 Å². The fraction of sp³-hybridized carbons (Fsp3) is 0.588. The number of benzene rings is 1. The number of halogens is 2. The molecule has 2 aliphatic heterocycles. The van der Waals surface area contributed by atoms with Gasteiger partial charge in [0.2, 0.25) is 5.91 Å². The Balaban J connectivity index is 1.67. The highest BCUT2D eigenvalue weighted by molar-refractivity contribution is 7.99. The molecule has 23 heavy (non-hydrogen) atoms. The van der Waals surface area contributed by atoms with Crippen LogP contribution in [-0.2, 0) is 4.79 Å². The third kappa shape index (κ3) is 3.69. The molecule has 0 unspecified atom stereocenters. The lowest BCUT2D eigenvalue weighted by Crippen LogP contribution is -2.42. The van der Waals surface area contributed by atoms with Gasteiger partial charge in [-0.3, -0.25) is 9.69 Å². The molecule has 6 heteroatoms. The molecule has 3 rings (SSSR count). The molecule has 2 saturated heterocycles. The molecule has 2 fully saturated rings. The van der Waals surface area contributed by atoms with Crippen molar-refractivity contribution in [2.45, 2.75) is 31.3 Å². The maximum absolute atomic E-state index is 13.5. The van der Waals surface area contributed by atoms with Crippen LogP contribution in [0.4, 0.5) is 8.78 Å². The Hall–Kier alpha value is -1.14. The molecule has 1 amide bonds. The number of likely N-dealkylation sites (N-methyl/N-ethyl adjacent to an activating group) is 1. The first-order valence-corrected chi connectivity index (χ1v) is 9.24. The van der Waals surface area contributed by atoms with E-state index < -0.39 is 11.6 Å². The van der Waals surface area contributed by atoms with Gasteiger partial charge in [0.15, 0.2) is 11.6 Å². The van der Waals surface area contributed by atoms with Crippen LogP contribution in [0.3, 0.4) is 0 Å². The Bertz CT molecular complexity index is 578. The van der Waals surface area contributed by atoms with E-state index in [4.69, 9.17) is 0 Å². The fourth-order valence-corrected chi connectivity index (χ4v) is 4.73. The van der Waals surface area contributed by atoms with Crippen LogP contribution in [0.2, 0.25) is 0 Å². The van der Waals surface area contributed by atoms with E-state index in [2.05, 4.69) is 4.90 Å². The van der Waals surface area contributed by atoms with Gasteiger partial charge in [0.05, 0.1) is 12.6 Å². The Labute approximate surface area is 140 Å². The van der Waals surface area contributed by atoms with Gasteiger partial charge in [-0.1, -0.05) is 6.07 Å². The van der Waals surface area contributed by atoms with Crippen molar-refractivity contribution >= 4 is 17.7 Å². The molecule has 0 aliphatic carbocycles. The number of likely N-dealkylation sites (tertiary alicyclic amines) is 1. The molecule has 1 aromatic carbocycles. The standard InChI is InChI=1S/C17H22F2N2OS/c1-20(13-6-8-23-11-13)10-17(22)21-7-2-3-16(21)12-4-5-14(18)15(19)9-12/h4-5,9,13,16H,2-3,6-8,10-11H2,1H3/t13-,16+/m0/s1. The molecular formula is C17H22F2N2OS. The molecule has 2 heterocycles. The zero-order chi connectivity index (χ0) is 16.4. The Morgan fingerprint density at radius 3 is 2.87 bits per heavy atom. The molecule has 3 nitrogen and oxygen atoms in total. The van der Waals surface area contributed by atoms with Crippen LogP contribution < -0.4 is 0 Å². The van der Waals surface area contributed by atoms with E-state index in [0.717, 1.165) is 36.8 Å². The lowest BCUT2D eigenvalue weighted by Gasteiger charge is -2.29. The summed E-state index contributed by atoms with van der Waals surface area (Å²) in [5.74, 6) is 0.627. The number of carbonyl (C=O) groups excluding carboxylic acids is 1. The molecule has 0 spiro atoms. The lowest BCUT2D eigenvalue weighted by molar-refractivity contribution is -0.133. The van der Waals surface area contributed by atoms with Crippen LogP contribution in [-0.4, -0.2) is 53.4 Å². The van der Waals surface area contributed by atoms with Gasteiger partial charge < -0.3 is 4.90 Å². The minimum atomic E-state index is -0.845. The highest BCUT2D eigenvalue weighted by atomic mass is 32.2. The number of carbonyl (C=O) groups is 1. The molecule has 126 valence electrons. The summed E-state index contributed by atoms with van der Waals surface area (Å²) < 4.78 is 26.6.